The molecule has 0 radical (unpaired) electrons. The Morgan fingerprint density at radius 1 is 0.909 bits per heavy atom. The third-order valence-corrected chi connectivity index (χ3v) is 3.55. The monoisotopic (exact) mass is 354 g/mol. The van der Waals surface area contributed by atoms with Gasteiger partial charge < -0.3 is 10.6 Å². The van der Waals surface area contributed by atoms with Gasteiger partial charge in [0.05, 0.1) is 0 Å². The van der Waals surface area contributed by atoms with Crippen molar-refractivity contribution in [3.8, 4) is 0 Å². The zero-order valence-electron chi connectivity index (χ0n) is 12.0. The zero-order chi connectivity index (χ0) is 15.4. The quantitative estimate of drug-likeness (QED) is 0.689. The number of rotatable bonds is 4. The van der Waals surface area contributed by atoms with Gasteiger partial charge in [-0.3, -0.25) is 0 Å². The van der Waals surface area contributed by atoms with Crippen LogP contribution in [0.4, 0.5) is 23.1 Å². The van der Waals surface area contributed by atoms with Gasteiger partial charge in [-0.1, -0.05) is 39.7 Å². The van der Waals surface area contributed by atoms with Crippen LogP contribution in [0.3, 0.4) is 0 Å². The van der Waals surface area contributed by atoms with Crippen LogP contribution in [0.5, 0.6) is 0 Å². The maximum Gasteiger partial charge on any atom is 0.229 e. The Kier molecular flexibility index (Phi) is 4.34. The molecule has 0 saturated heterocycles. The summed E-state index contributed by atoms with van der Waals surface area (Å²) in [6.45, 7) is 2.06. The lowest BCUT2D eigenvalue weighted by Gasteiger charge is -2.09. The summed E-state index contributed by atoms with van der Waals surface area (Å²) in [6.07, 6.45) is 1.73. The highest BCUT2D eigenvalue weighted by atomic mass is 79.9. The van der Waals surface area contributed by atoms with Crippen molar-refractivity contribution in [3.63, 3.8) is 0 Å². The fraction of sp³-hybridized carbons (Fsp3) is 0.0588. The van der Waals surface area contributed by atoms with E-state index in [1.807, 2.05) is 54.6 Å². The molecule has 0 amide bonds. The summed E-state index contributed by atoms with van der Waals surface area (Å²) in [7, 11) is 0. The van der Waals surface area contributed by atoms with E-state index in [0.29, 0.717) is 5.95 Å². The molecule has 0 fully saturated rings. The zero-order valence-corrected chi connectivity index (χ0v) is 13.6. The van der Waals surface area contributed by atoms with Gasteiger partial charge in [0.2, 0.25) is 5.95 Å². The molecule has 4 nitrogen and oxygen atoms in total. The molecule has 0 spiro atoms. The molecular weight excluding hydrogens is 340 g/mol. The van der Waals surface area contributed by atoms with Gasteiger partial charge in [0.15, 0.2) is 0 Å². The fourth-order valence-electron chi connectivity index (χ4n) is 1.97. The van der Waals surface area contributed by atoms with Crippen LogP contribution in [0.2, 0.25) is 0 Å². The molecule has 0 aliphatic carbocycles. The van der Waals surface area contributed by atoms with E-state index in [-0.39, 0.29) is 0 Å². The molecule has 1 heterocycles. The van der Waals surface area contributed by atoms with Gasteiger partial charge in [-0.25, -0.2) is 4.98 Å². The minimum atomic E-state index is 0.559. The second kappa shape index (κ2) is 6.58. The van der Waals surface area contributed by atoms with Gasteiger partial charge in [-0.15, -0.1) is 0 Å². The van der Waals surface area contributed by atoms with Crippen molar-refractivity contribution in [3.05, 3.63) is 70.8 Å². The number of aromatic nitrogens is 2. The normalized spacial score (nSPS) is 10.3. The highest BCUT2D eigenvalue weighted by molar-refractivity contribution is 9.10. The summed E-state index contributed by atoms with van der Waals surface area (Å²) in [4.78, 5) is 8.71. The van der Waals surface area contributed by atoms with E-state index < -0.39 is 0 Å². The van der Waals surface area contributed by atoms with E-state index in [9.17, 15) is 0 Å². The molecule has 22 heavy (non-hydrogen) atoms. The minimum Gasteiger partial charge on any atom is -0.340 e. The first kappa shape index (κ1) is 14.5. The Morgan fingerprint density at radius 2 is 1.73 bits per heavy atom. The largest absolute Gasteiger partial charge is 0.340 e. The third kappa shape index (κ3) is 3.83. The SMILES string of the molecule is Cc1ccc(Nc2nccc(Nc3cccc(Br)c3)n2)cc1. The van der Waals surface area contributed by atoms with Gasteiger partial charge in [0.1, 0.15) is 5.82 Å². The van der Waals surface area contributed by atoms with Crippen LogP contribution in [0.1, 0.15) is 5.56 Å². The van der Waals surface area contributed by atoms with Crippen molar-refractivity contribution < 1.29 is 0 Å². The molecule has 3 rings (SSSR count). The number of hydrogen-bond acceptors (Lipinski definition) is 4. The van der Waals surface area contributed by atoms with Crippen molar-refractivity contribution in [2.75, 3.05) is 10.6 Å². The molecule has 0 bridgehead atoms. The number of nitrogens with one attached hydrogen (secondary N) is 2. The maximum absolute atomic E-state index is 4.47. The van der Waals surface area contributed by atoms with Gasteiger partial charge in [0, 0.05) is 22.0 Å². The van der Waals surface area contributed by atoms with E-state index in [1.54, 1.807) is 6.20 Å². The lowest BCUT2D eigenvalue weighted by molar-refractivity contribution is 1.16. The lowest BCUT2D eigenvalue weighted by Crippen LogP contribution is -2.00. The summed E-state index contributed by atoms with van der Waals surface area (Å²) in [6, 6.07) is 17.9. The molecule has 0 aliphatic heterocycles. The van der Waals surface area contributed by atoms with Gasteiger partial charge in [-0.2, -0.15) is 4.98 Å². The van der Waals surface area contributed by atoms with E-state index in [4.69, 9.17) is 0 Å². The molecule has 0 atom stereocenters. The van der Waals surface area contributed by atoms with E-state index in [0.717, 1.165) is 21.7 Å². The van der Waals surface area contributed by atoms with Crippen LogP contribution < -0.4 is 10.6 Å². The molecule has 0 unspecified atom stereocenters. The van der Waals surface area contributed by atoms with Crippen LogP contribution in [-0.4, -0.2) is 9.97 Å². The van der Waals surface area contributed by atoms with Crippen LogP contribution >= 0.6 is 15.9 Å². The number of aryl methyl sites for hydroxylation is 1. The maximum atomic E-state index is 4.47. The van der Waals surface area contributed by atoms with Crippen molar-refractivity contribution in [1.29, 1.82) is 0 Å². The smallest absolute Gasteiger partial charge is 0.229 e. The summed E-state index contributed by atoms with van der Waals surface area (Å²) < 4.78 is 1.02. The molecule has 1 aromatic heterocycles. The van der Waals surface area contributed by atoms with Crippen molar-refractivity contribution in [1.82, 2.24) is 9.97 Å². The number of halogens is 1. The standard InChI is InChI=1S/C17H15BrN4/c1-12-5-7-14(8-6-12)21-17-19-10-9-16(22-17)20-15-4-2-3-13(18)11-15/h2-11H,1H3,(H2,19,20,21,22). The molecule has 110 valence electrons. The average Bonchev–Trinajstić information content (AvgIpc) is 2.50. The second-order valence-corrected chi connectivity index (χ2v) is 5.81. The Morgan fingerprint density at radius 3 is 2.50 bits per heavy atom. The molecule has 3 aromatic rings. The number of benzene rings is 2. The van der Waals surface area contributed by atoms with Crippen LogP contribution in [0, 0.1) is 6.92 Å². The highest BCUT2D eigenvalue weighted by Gasteiger charge is 2.01. The summed E-state index contributed by atoms with van der Waals surface area (Å²) >= 11 is 3.45. The number of nitrogens with zero attached hydrogens (tertiary/aromatic N) is 2. The Hall–Kier alpha value is -2.40. The number of anilines is 4. The topological polar surface area (TPSA) is 49.8 Å². The van der Waals surface area contributed by atoms with Gasteiger partial charge >= 0.3 is 0 Å². The van der Waals surface area contributed by atoms with Crippen molar-refractivity contribution >= 4 is 39.1 Å². The molecule has 5 heteroatoms. The van der Waals surface area contributed by atoms with Crippen LogP contribution in [-0.2, 0) is 0 Å². The highest BCUT2D eigenvalue weighted by Crippen LogP contribution is 2.20. The Labute approximate surface area is 137 Å². The lowest BCUT2D eigenvalue weighted by atomic mass is 10.2. The van der Waals surface area contributed by atoms with E-state index in [1.165, 1.54) is 5.56 Å². The Balaban J connectivity index is 1.76. The Bertz CT molecular complexity index is 772. The van der Waals surface area contributed by atoms with Crippen LogP contribution in [0.15, 0.2) is 65.3 Å². The fourth-order valence-corrected chi connectivity index (χ4v) is 2.37. The van der Waals surface area contributed by atoms with Gasteiger partial charge in [0.25, 0.3) is 0 Å². The first-order valence-electron chi connectivity index (χ1n) is 6.88. The predicted octanol–water partition coefficient (Wildman–Crippen LogP) is 5.03. The summed E-state index contributed by atoms with van der Waals surface area (Å²) in [5, 5.41) is 6.46. The molecule has 2 aromatic carbocycles. The first-order chi connectivity index (χ1) is 10.7. The van der Waals surface area contributed by atoms with Crippen molar-refractivity contribution in [2.45, 2.75) is 6.92 Å². The minimum absolute atomic E-state index is 0.559. The average molecular weight is 355 g/mol. The van der Waals surface area contributed by atoms with Crippen molar-refractivity contribution in [2.24, 2.45) is 0 Å². The second-order valence-electron chi connectivity index (χ2n) is 4.89. The van der Waals surface area contributed by atoms with E-state index >= 15 is 0 Å². The molecular formula is C17H15BrN4. The molecule has 0 aliphatic rings. The first-order valence-corrected chi connectivity index (χ1v) is 7.68. The molecule has 0 saturated carbocycles. The molecule has 2 N–H and O–H groups in total. The summed E-state index contributed by atoms with van der Waals surface area (Å²) in [5.41, 5.74) is 3.15. The van der Waals surface area contributed by atoms with Crippen LogP contribution in [0.25, 0.3) is 0 Å². The van der Waals surface area contributed by atoms with E-state index in [2.05, 4.69) is 43.5 Å². The summed E-state index contributed by atoms with van der Waals surface area (Å²) in [5.74, 6) is 1.30. The predicted molar refractivity (Wildman–Crippen MR) is 93.9 cm³/mol. The van der Waals surface area contributed by atoms with Gasteiger partial charge in [-0.05, 0) is 43.3 Å². The third-order valence-electron chi connectivity index (χ3n) is 3.06. The number of hydrogen-bond donors (Lipinski definition) is 2.